The molecule has 1 heterocycles. The van der Waals surface area contributed by atoms with Crippen LogP contribution in [0.5, 0.6) is 11.5 Å². The standard InChI is InChI=1S/C10H8BrF3N2O2/c1-17-9-6(4-11)7(2-3-15)16-5-8(9)18-10(12,13)14/h5H,2,4H2,1H3. The number of hydrogen-bond donors (Lipinski definition) is 0. The van der Waals surface area contributed by atoms with E-state index in [1.54, 1.807) is 0 Å². The fourth-order valence-electron chi connectivity index (χ4n) is 1.34. The highest BCUT2D eigenvalue weighted by molar-refractivity contribution is 9.08. The third kappa shape index (κ3) is 3.50. The lowest BCUT2D eigenvalue weighted by Gasteiger charge is -2.16. The molecule has 0 saturated heterocycles. The maximum Gasteiger partial charge on any atom is 0.573 e. The average Bonchev–Trinajstić information content (AvgIpc) is 2.28. The van der Waals surface area contributed by atoms with Gasteiger partial charge in [-0.1, -0.05) is 15.9 Å². The topological polar surface area (TPSA) is 55.1 Å². The molecule has 0 aromatic carbocycles. The zero-order chi connectivity index (χ0) is 13.8. The summed E-state index contributed by atoms with van der Waals surface area (Å²) in [5, 5.41) is 8.81. The first kappa shape index (κ1) is 14.6. The van der Waals surface area contributed by atoms with Crippen LogP contribution in [-0.4, -0.2) is 18.5 Å². The molecule has 0 atom stereocenters. The van der Waals surface area contributed by atoms with Gasteiger partial charge in [-0.2, -0.15) is 5.26 Å². The Balaban J connectivity index is 3.26. The molecule has 0 bridgehead atoms. The second-order valence-corrected chi connectivity index (χ2v) is 3.66. The Labute approximate surface area is 109 Å². The molecule has 0 fully saturated rings. The number of ether oxygens (including phenoxy) is 2. The van der Waals surface area contributed by atoms with E-state index in [1.807, 2.05) is 6.07 Å². The van der Waals surface area contributed by atoms with Crippen LogP contribution in [0.25, 0.3) is 0 Å². The van der Waals surface area contributed by atoms with Gasteiger partial charge < -0.3 is 9.47 Å². The molecule has 1 aromatic rings. The van der Waals surface area contributed by atoms with Gasteiger partial charge in [0.05, 0.1) is 31.5 Å². The normalized spacial score (nSPS) is 10.9. The number of methoxy groups -OCH3 is 1. The number of aromatic nitrogens is 1. The summed E-state index contributed by atoms with van der Waals surface area (Å²) in [6.45, 7) is 0. The predicted octanol–water partition coefficient (Wildman–Crippen LogP) is 2.95. The molecule has 1 rings (SSSR count). The molecule has 0 aliphatic heterocycles. The molecule has 0 amide bonds. The van der Waals surface area contributed by atoms with E-state index in [1.165, 1.54) is 7.11 Å². The second kappa shape index (κ2) is 5.91. The monoisotopic (exact) mass is 324 g/mol. The lowest BCUT2D eigenvalue weighted by atomic mass is 10.1. The Kier molecular flexibility index (Phi) is 4.78. The van der Waals surface area contributed by atoms with Crippen molar-refractivity contribution in [2.75, 3.05) is 7.11 Å². The number of halogens is 4. The molecular formula is C10H8BrF3N2O2. The fraction of sp³-hybridized carbons (Fsp3) is 0.400. The number of alkyl halides is 4. The summed E-state index contributed by atoms with van der Waals surface area (Å²) < 4.78 is 45.2. The van der Waals surface area contributed by atoms with Gasteiger partial charge in [0.15, 0.2) is 11.5 Å². The first-order chi connectivity index (χ1) is 8.42. The molecule has 1 aromatic heterocycles. The second-order valence-electron chi connectivity index (χ2n) is 3.10. The summed E-state index contributed by atoms with van der Waals surface area (Å²) in [4.78, 5) is 3.77. The first-order valence-electron chi connectivity index (χ1n) is 4.66. The van der Waals surface area contributed by atoms with Crippen LogP contribution in [-0.2, 0) is 11.8 Å². The molecule has 18 heavy (non-hydrogen) atoms. The van der Waals surface area contributed by atoms with Crippen LogP contribution in [0.2, 0.25) is 0 Å². The first-order valence-corrected chi connectivity index (χ1v) is 5.78. The summed E-state index contributed by atoms with van der Waals surface area (Å²) in [7, 11) is 1.22. The molecule has 0 saturated carbocycles. The zero-order valence-corrected chi connectivity index (χ0v) is 10.8. The molecule has 98 valence electrons. The summed E-state index contributed by atoms with van der Waals surface area (Å²) in [5.41, 5.74) is 0.710. The molecule has 8 heteroatoms. The Hall–Kier alpha value is -1.49. The number of nitrogens with zero attached hydrogens (tertiary/aromatic N) is 2. The van der Waals surface area contributed by atoms with Crippen molar-refractivity contribution in [1.82, 2.24) is 4.98 Å². The highest BCUT2D eigenvalue weighted by atomic mass is 79.9. The Bertz CT molecular complexity index is 471. The minimum atomic E-state index is -4.82. The van der Waals surface area contributed by atoms with Gasteiger partial charge in [-0.3, -0.25) is 4.98 Å². The fourth-order valence-corrected chi connectivity index (χ4v) is 1.92. The van der Waals surface area contributed by atoms with Crippen molar-refractivity contribution in [3.63, 3.8) is 0 Å². The minimum Gasteiger partial charge on any atom is -0.492 e. The average molecular weight is 325 g/mol. The van der Waals surface area contributed by atoms with Crippen molar-refractivity contribution in [2.24, 2.45) is 0 Å². The summed E-state index contributed by atoms with van der Waals surface area (Å²) in [6, 6.07) is 1.88. The SMILES string of the molecule is COc1c(OC(F)(F)F)cnc(CC#N)c1CBr. The van der Waals surface area contributed by atoms with Crippen LogP contribution in [0.15, 0.2) is 6.20 Å². The van der Waals surface area contributed by atoms with Gasteiger partial charge in [0.2, 0.25) is 0 Å². The summed E-state index contributed by atoms with van der Waals surface area (Å²) in [5.74, 6) is -0.606. The molecule has 0 spiro atoms. The van der Waals surface area contributed by atoms with E-state index < -0.39 is 12.1 Å². The minimum absolute atomic E-state index is 0.0242. The number of pyridine rings is 1. The maximum atomic E-state index is 12.2. The van der Waals surface area contributed by atoms with Crippen molar-refractivity contribution >= 4 is 15.9 Å². The van der Waals surface area contributed by atoms with Crippen molar-refractivity contribution in [1.29, 1.82) is 5.26 Å². The van der Waals surface area contributed by atoms with Gasteiger partial charge in [0.1, 0.15) is 0 Å². The molecule has 0 N–H and O–H groups in total. The van der Waals surface area contributed by atoms with E-state index >= 15 is 0 Å². The van der Waals surface area contributed by atoms with Gasteiger partial charge in [-0.05, 0) is 0 Å². The van der Waals surface area contributed by atoms with E-state index in [0.717, 1.165) is 6.20 Å². The smallest absolute Gasteiger partial charge is 0.492 e. The quantitative estimate of drug-likeness (QED) is 0.799. The Morgan fingerprint density at radius 2 is 2.17 bits per heavy atom. The maximum absolute atomic E-state index is 12.2. The number of rotatable bonds is 4. The van der Waals surface area contributed by atoms with Crippen molar-refractivity contribution in [3.05, 3.63) is 17.5 Å². The van der Waals surface area contributed by atoms with Crippen LogP contribution in [0.1, 0.15) is 11.3 Å². The Morgan fingerprint density at radius 1 is 1.50 bits per heavy atom. The van der Waals surface area contributed by atoms with Crippen LogP contribution < -0.4 is 9.47 Å². The van der Waals surface area contributed by atoms with E-state index in [4.69, 9.17) is 10.00 Å². The predicted molar refractivity (Wildman–Crippen MR) is 59.4 cm³/mol. The third-order valence-corrected chi connectivity index (χ3v) is 2.55. The van der Waals surface area contributed by atoms with Gasteiger partial charge in [-0.25, -0.2) is 0 Å². The van der Waals surface area contributed by atoms with Gasteiger partial charge in [0, 0.05) is 10.9 Å². The van der Waals surface area contributed by atoms with Gasteiger partial charge in [-0.15, -0.1) is 13.2 Å². The molecule has 0 radical (unpaired) electrons. The summed E-state index contributed by atoms with van der Waals surface area (Å²) in [6.07, 6.45) is -3.95. The molecule has 4 nitrogen and oxygen atoms in total. The molecule has 0 unspecified atom stereocenters. The van der Waals surface area contributed by atoms with E-state index in [2.05, 4.69) is 25.7 Å². The highest BCUT2D eigenvalue weighted by Crippen LogP contribution is 2.36. The molecule has 0 aliphatic carbocycles. The molecular weight excluding hydrogens is 317 g/mol. The number of hydrogen-bond acceptors (Lipinski definition) is 4. The number of nitriles is 1. The van der Waals surface area contributed by atoms with E-state index in [9.17, 15) is 13.2 Å². The van der Waals surface area contributed by atoms with E-state index in [0.29, 0.717) is 11.3 Å². The van der Waals surface area contributed by atoms with Crippen LogP contribution in [0.4, 0.5) is 13.2 Å². The lowest BCUT2D eigenvalue weighted by Crippen LogP contribution is -2.18. The van der Waals surface area contributed by atoms with Crippen LogP contribution in [0, 0.1) is 11.3 Å². The van der Waals surface area contributed by atoms with Crippen LogP contribution >= 0.6 is 15.9 Å². The lowest BCUT2D eigenvalue weighted by molar-refractivity contribution is -0.275. The van der Waals surface area contributed by atoms with Crippen molar-refractivity contribution < 1.29 is 22.6 Å². The highest BCUT2D eigenvalue weighted by Gasteiger charge is 2.33. The zero-order valence-electron chi connectivity index (χ0n) is 9.21. The largest absolute Gasteiger partial charge is 0.573 e. The third-order valence-electron chi connectivity index (χ3n) is 1.99. The van der Waals surface area contributed by atoms with Gasteiger partial charge in [0.25, 0.3) is 0 Å². The summed E-state index contributed by atoms with van der Waals surface area (Å²) >= 11 is 3.12. The van der Waals surface area contributed by atoms with Crippen LogP contribution in [0.3, 0.4) is 0 Å². The van der Waals surface area contributed by atoms with Gasteiger partial charge >= 0.3 is 6.36 Å². The van der Waals surface area contributed by atoms with Crippen molar-refractivity contribution in [2.45, 2.75) is 18.1 Å². The molecule has 0 aliphatic rings. The Morgan fingerprint density at radius 3 is 2.61 bits per heavy atom. The van der Waals surface area contributed by atoms with E-state index in [-0.39, 0.29) is 17.5 Å². The van der Waals surface area contributed by atoms with Crippen molar-refractivity contribution in [3.8, 4) is 17.6 Å².